The van der Waals surface area contributed by atoms with Crippen molar-refractivity contribution in [3.8, 4) is 0 Å². The Labute approximate surface area is 131 Å². The van der Waals surface area contributed by atoms with Crippen molar-refractivity contribution in [2.24, 2.45) is 0 Å². The van der Waals surface area contributed by atoms with Gasteiger partial charge in [-0.25, -0.2) is 0 Å². The maximum Gasteiger partial charge on any atom is 0.238 e. The summed E-state index contributed by atoms with van der Waals surface area (Å²) in [6, 6.07) is 5.50. The Morgan fingerprint density at radius 2 is 2.05 bits per heavy atom. The number of anilines is 1. The van der Waals surface area contributed by atoms with Crippen LogP contribution in [0.5, 0.6) is 0 Å². The molecule has 1 aliphatic heterocycles. The van der Waals surface area contributed by atoms with Gasteiger partial charge in [-0.15, -0.1) is 0 Å². The van der Waals surface area contributed by atoms with Gasteiger partial charge in [-0.05, 0) is 57.5 Å². The van der Waals surface area contributed by atoms with Gasteiger partial charge in [0.15, 0.2) is 0 Å². The van der Waals surface area contributed by atoms with E-state index in [1.807, 2.05) is 26.1 Å². The molecule has 0 atom stereocenters. The molecule has 1 aromatic rings. The summed E-state index contributed by atoms with van der Waals surface area (Å²) in [6.45, 7) is 6.53. The van der Waals surface area contributed by atoms with Gasteiger partial charge >= 0.3 is 0 Å². The summed E-state index contributed by atoms with van der Waals surface area (Å²) in [5.74, 6) is 0.0356. The maximum absolute atomic E-state index is 12.1. The summed E-state index contributed by atoms with van der Waals surface area (Å²) in [4.78, 5) is 14.4. The molecule has 5 heteroatoms. The number of nitrogens with zero attached hydrogens (tertiary/aromatic N) is 1. The smallest absolute Gasteiger partial charge is 0.238 e. The van der Waals surface area contributed by atoms with Crippen LogP contribution in [-0.2, 0) is 4.79 Å². The lowest BCUT2D eigenvalue weighted by molar-refractivity contribution is -0.117. The molecule has 1 fully saturated rings. The second kappa shape index (κ2) is 6.77. The molecule has 0 unspecified atom stereocenters. The van der Waals surface area contributed by atoms with E-state index in [-0.39, 0.29) is 11.4 Å². The van der Waals surface area contributed by atoms with E-state index >= 15 is 0 Å². The zero-order valence-electron chi connectivity index (χ0n) is 13.0. The second-order valence-electron chi connectivity index (χ2n) is 6.09. The number of benzene rings is 1. The van der Waals surface area contributed by atoms with Gasteiger partial charge in [0.2, 0.25) is 5.91 Å². The first kappa shape index (κ1) is 16.3. The van der Waals surface area contributed by atoms with Crippen molar-refractivity contribution in [3.63, 3.8) is 0 Å². The van der Waals surface area contributed by atoms with Crippen molar-refractivity contribution < 1.29 is 4.79 Å². The van der Waals surface area contributed by atoms with Gasteiger partial charge in [-0.2, -0.15) is 0 Å². The van der Waals surface area contributed by atoms with E-state index in [9.17, 15) is 4.79 Å². The lowest BCUT2D eigenvalue weighted by atomic mass is 9.90. The summed E-state index contributed by atoms with van der Waals surface area (Å²) >= 11 is 5.92. The molecule has 0 radical (unpaired) electrons. The van der Waals surface area contributed by atoms with E-state index in [0.717, 1.165) is 37.2 Å². The number of amides is 1. The molecule has 1 aliphatic rings. The van der Waals surface area contributed by atoms with Gasteiger partial charge in [0.1, 0.15) is 0 Å². The molecule has 0 saturated carbocycles. The van der Waals surface area contributed by atoms with Crippen molar-refractivity contribution in [1.82, 2.24) is 10.2 Å². The number of rotatable bonds is 4. The van der Waals surface area contributed by atoms with Crippen LogP contribution in [-0.4, -0.2) is 43.0 Å². The summed E-state index contributed by atoms with van der Waals surface area (Å²) < 4.78 is 0. The zero-order chi connectivity index (χ0) is 15.5. The predicted molar refractivity (Wildman–Crippen MR) is 88.0 cm³/mol. The van der Waals surface area contributed by atoms with Gasteiger partial charge in [0.25, 0.3) is 0 Å². The largest absolute Gasteiger partial charge is 0.325 e. The van der Waals surface area contributed by atoms with Crippen LogP contribution in [0.3, 0.4) is 0 Å². The molecule has 21 heavy (non-hydrogen) atoms. The first-order valence-corrected chi connectivity index (χ1v) is 7.77. The van der Waals surface area contributed by atoms with Crippen LogP contribution in [0.25, 0.3) is 0 Å². The number of piperidine rings is 1. The number of hydrogen-bond donors (Lipinski definition) is 2. The van der Waals surface area contributed by atoms with Crippen molar-refractivity contribution >= 4 is 23.2 Å². The fraction of sp³-hybridized carbons (Fsp3) is 0.562. The predicted octanol–water partition coefficient (Wildman–Crippen LogP) is 2.66. The Kier molecular flexibility index (Phi) is 5.25. The quantitative estimate of drug-likeness (QED) is 0.899. The Morgan fingerprint density at radius 3 is 2.62 bits per heavy atom. The number of aryl methyl sites for hydroxylation is 1. The van der Waals surface area contributed by atoms with E-state index < -0.39 is 0 Å². The minimum atomic E-state index is 0.0356. The Hall–Kier alpha value is -1.10. The van der Waals surface area contributed by atoms with Crippen LogP contribution < -0.4 is 10.6 Å². The van der Waals surface area contributed by atoms with E-state index in [0.29, 0.717) is 11.6 Å². The first-order chi connectivity index (χ1) is 9.92. The highest BCUT2D eigenvalue weighted by molar-refractivity contribution is 6.30. The summed E-state index contributed by atoms with van der Waals surface area (Å²) in [5, 5.41) is 7.02. The number of likely N-dealkylation sites (tertiary alicyclic amines) is 1. The number of carbonyl (C=O) groups is 1. The first-order valence-electron chi connectivity index (χ1n) is 7.39. The van der Waals surface area contributed by atoms with Gasteiger partial charge in [0, 0.05) is 29.3 Å². The highest BCUT2D eigenvalue weighted by Crippen LogP contribution is 2.22. The summed E-state index contributed by atoms with van der Waals surface area (Å²) in [5.41, 5.74) is 2.03. The molecule has 0 aliphatic carbocycles. The molecule has 1 saturated heterocycles. The Balaban J connectivity index is 1.85. The van der Waals surface area contributed by atoms with Crippen molar-refractivity contribution in [3.05, 3.63) is 28.8 Å². The van der Waals surface area contributed by atoms with E-state index in [1.165, 1.54) is 0 Å². The lowest BCUT2D eigenvalue weighted by Crippen LogP contribution is -2.51. The minimum absolute atomic E-state index is 0.0356. The molecule has 2 rings (SSSR count). The number of halogens is 1. The third-order valence-corrected chi connectivity index (χ3v) is 4.63. The Bertz CT molecular complexity index is 510. The SMILES string of the molecule is CNC1(C)CCN(CC(=O)Nc2ccc(Cl)cc2C)CC1. The fourth-order valence-electron chi connectivity index (χ4n) is 2.61. The second-order valence-corrected chi connectivity index (χ2v) is 6.53. The standard InChI is InChI=1S/C16H24ClN3O/c1-12-10-13(17)4-5-14(12)19-15(21)11-20-8-6-16(2,18-3)7-9-20/h4-5,10,18H,6-9,11H2,1-3H3,(H,19,21). The molecule has 0 aromatic heterocycles. The molecule has 2 N–H and O–H groups in total. The van der Waals surface area contributed by atoms with E-state index in [4.69, 9.17) is 11.6 Å². The highest BCUT2D eigenvalue weighted by Gasteiger charge is 2.28. The van der Waals surface area contributed by atoms with Crippen LogP contribution in [0.4, 0.5) is 5.69 Å². The fourth-order valence-corrected chi connectivity index (χ4v) is 2.84. The lowest BCUT2D eigenvalue weighted by Gasteiger charge is -2.39. The summed E-state index contributed by atoms with van der Waals surface area (Å²) in [7, 11) is 2.01. The van der Waals surface area contributed by atoms with Crippen LogP contribution in [0.15, 0.2) is 18.2 Å². The van der Waals surface area contributed by atoms with Gasteiger partial charge in [0.05, 0.1) is 6.54 Å². The minimum Gasteiger partial charge on any atom is -0.325 e. The van der Waals surface area contributed by atoms with E-state index in [1.54, 1.807) is 6.07 Å². The normalized spacial score (nSPS) is 18.5. The van der Waals surface area contributed by atoms with Gasteiger partial charge in [-0.1, -0.05) is 11.6 Å². The molecular weight excluding hydrogens is 286 g/mol. The van der Waals surface area contributed by atoms with Crippen LogP contribution in [0.1, 0.15) is 25.3 Å². The highest BCUT2D eigenvalue weighted by atomic mass is 35.5. The topological polar surface area (TPSA) is 44.4 Å². The number of hydrogen-bond acceptors (Lipinski definition) is 3. The molecule has 0 bridgehead atoms. The number of carbonyl (C=O) groups excluding carboxylic acids is 1. The van der Waals surface area contributed by atoms with E-state index in [2.05, 4.69) is 22.5 Å². The molecule has 4 nitrogen and oxygen atoms in total. The van der Waals surface area contributed by atoms with Crippen molar-refractivity contribution in [1.29, 1.82) is 0 Å². The number of nitrogens with one attached hydrogen (secondary N) is 2. The molecule has 0 spiro atoms. The van der Waals surface area contributed by atoms with Crippen LogP contribution in [0, 0.1) is 6.92 Å². The molecule has 1 amide bonds. The molecular formula is C16H24ClN3O. The average Bonchev–Trinajstić information content (AvgIpc) is 2.45. The van der Waals surface area contributed by atoms with Crippen molar-refractivity contribution in [2.75, 3.05) is 32.0 Å². The molecule has 116 valence electrons. The average molecular weight is 310 g/mol. The molecule has 1 heterocycles. The van der Waals surface area contributed by atoms with Crippen LogP contribution >= 0.6 is 11.6 Å². The monoisotopic (exact) mass is 309 g/mol. The zero-order valence-corrected chi connectivity index (χ0v) is 13.8. The maximum atomic E-state index is 12.1. The van der Waals surface area contributed by atoms with Crippen LogP contribution in [0.2, 0.25) is 5.02 Å². The summed E-state index contributed by atoms with van der Waals surface area (Å²) in [6.07, 6.45) is 2.13. The molecule has 1 aromatic carbocycles. The van der Waals surface area contributed by atoms with Gasteiger partial charge < -0.3 is 10.6 Å². The third kappa shape index (κ3) is 4.43. The Morgan fingerprint density at radius 1 is 1.38 bits per heavy atom. The van der Waals surface area contributed by atoms with Crippen molar-refractivity contribution in [2.45, 2.75) is 32.2 Å². The third-order valence-electron chi connectivity index (χ3n) is 4.39. The van der Waals surface area contributed by atoms with Gasteiger partial charge in [-0.3, -0.25) is 9.69 Å².